The fraction of sp³-hybridized carbons (Fsp3) is 0.889. The summed E-state index contributed by atoms with van der Waals surface area (Å²) in [6.07, 6.45) is 7.77. The van der Waals surface area contributed by atoms with Crippen LogP contribution >= 0.6 is 0 Å². The Hall–Kier alpha value is -1.14. The molecule has 4 rings (SSSR count). The van der Waals surface area contributed by atoms with Crippen molar-refractivity contribution in [3.8, 4) is 0 Å². The first-order chi connectivity index (χ1) is 11.5. The largest absolute Gasteiger partial charge is 0.368 e. The van der Waals surface area contributed by atoms with E-state index in [9.17, 15) is 9.59 Å². The summed E-state index contributed by atoms with van der Waals surface area (Å²) >= 11 is 0. The van der Waals surface area contributed by atoms with Crippen molar-refractivity contribution >= 4 is 11.8 Å². The second kappa shape index (κ2) is 6.30. The van der Waals surface area contributed by atoms with Gasteiger partial charge in [0.2, 0.25) is 11.8 Å². The van der Waals surface area contributed by atoms with Gasteiger partial charge in [-0.1, -0.05) is 12.8 Å². The van der Waals surface area contributed by atoms with Crippen LogP contribution in [0.25, 0.3) is 0 Å². The fourth-order valence-corrected chi connectivity index (χ4v) is 4.35. The molecule has 0 aromatic rings. The Morgan fingerprint density at radius 3 is 2.46 bits per heavy atom. The molecular formula is C18H29N3O3. The van der Waals surface area contributed by atoms with Crippen LogP contribution in [0.2, 0.25) is 0 Å². The lowest BCUT2D eigenvalue weighted by Gasteiger charge is -2.54. The number of carbonyl (C=O) groups excluding carboxylic acids is 2. The number of ether oxygens (including phenoxy) is 1. The number of likely N-dealkylation sites (N-methyl/N-ethyl adjacent to an activating group) is 1. The minimum absolute atomic E-state index is 0.0974. The number of hydrogen-bond acceptors (Lipinski definition) is 4. The van der Waals surface area contributed by atoms with E-state index in [-0.39, 0.29) is 23.5 Å². The number of nitrogens with zero attached hydrogens (tertiary/aromatic N) is 2. The number of carbonyl (C=O) groups is 2. The maximum Gasteiger partial charge on any atom is 0.239 e. The van der Waals surface area contributed by atoms with Crippen LogP contribution in [0.3, 0.4) is 0 Å². The van der Waals surface area contributed by atoms with Gasteiger partial charge in [-0.05, 0) is 38.6 Å². The van der Waals surface area contributed by atoms with Crippen LogP contribution in [0.1, 0.15) is 44.9 Å². The van der Waals surface area contributed by atoms with Gasteiger partial charge in [-0.3, -0.25) is 14.5 Å². The molecule has 0 aromatic heterocycles. The monoisotopic (exact) mass is 335 g/mol. The van der Waals surface area contributed by atoms with E-state index >= 15 is 0 Å². The van der Waals surface area contributed by atoms with E-state index in [1.807, 2.05) is 11.9 Å². The van der Waals surface area contributed by atoms with Gasteiger partial charge in [0.25, 0.3) is 0 Å². The first kappa shape index (κ1) is 16.3. The molecule has 2 saturated carbocycles. The highest BCUT2D eigenvalue weighted by Gasteiger charge is 2.51. The predicted octanol–water partition coefficient (Wildman–Crippen LogP) is 0.757. The lowest BCUT2D eigenvalue weighted by atomic mass is 9.90. The second-order valence-electron chi connectivity index (χ2n) is 8.31. The fourth-order valence-electron chi connectivity index (χ4n) is 4.35. The lowest BCUT2D eigenvalue weighted by Crippen LogP contribution is -2.73. The molecule has 1 spiro atoms. The topological polar surface area (TPSA) is 61.9 Å². The molecule has 134 valence electrons. The van der Waals surface area contributed by atoms with Gasteiger partial charge in [0.05, 0.1) is 19.7 Å². The number of nitrogens with one attached hydrogen (secondary N) is 1. The SMILES string of the molecule is CN1CC2(CN(C(=O)CC3CC3)C2)OC[C@H]1C(=O)NC1CCCC1. The van der Waals surface area contributed by atoms with E-state index in [1.165, 1.54) is 25.7 Å². The van der Waals surface area contributed by atoms with Crippen LogP contribution in [0, 0.1) is 5.92 Å². The van der Waals surface area contributed by atoms with E-state index in [0.717, 1.165) is 19.4 Å². The number of hydrogen-bond donors (Lipinski definition) is 1. The van der Waals surface area contributed by atoms with Gasteiger partial charge < -0.3 is 15.0 Å². The molecule has 4 aliphatic rings. The van der Waals surface area contributed by atoms with Crippen molar-refractivity contribution in [1.29, 1.82) is 0 Å². The van der Waals surface area contributed by atoms with Crippen molar-refractivity contribution in [3.63, 3.8) is 0 Å². The van der Waals surface area contributed by atoms with Gasteiger partial charge in [-0.25, -0.2) is 0 Å². The average Bonchev–Trinajstić information content (AvgIpc) is 3.17. The van der Waals surface area contributed by atoms with E-state index < -0.39 is 0 Å². The van der Waals surface area contributed by atoms with Crippen LogP contribution in [0.5, 0.6) is 0 Å². The zero-order valence-electron chi connectivity index (χ0n) is 14.6. The van der Waals surface area contributed by atoms with Crippen molar-refractivity contribution in [2.45, 2.75) is 62.6 Å². The first-order valence-electron chi connectivity index (χ1n) is 9.47. The normalized spacial score (nSPS) is 30.4. The predicted molar refractivity (Wildman–Crippen MR) is 89.4 cm³/mol. The molecule has 2 heterocycles. The van der Waals surface area contributed by atoms with Gasteiger partial charge in [0.1, 0.15) is 11.6 Å². The number of morpholine rings is 1. The molecular weight excluding hydrogens is 306 g/mol. The first-order valence-corrected chi connectivity index (χ1v) is 9.47. The highest BCUT2D eigenvalue weighted by Crippen LogP contribution is 2.36. The van der Waals surface area contributed by atoms with Crippen molar-refractivity contribution in [1.82, 2.24) is 15.1 Å². The second-order valence-corrected chi connectivity index (χ2v) is 8.31. The van der Waals surface area contributed by atoms with Crippen molar-refractivity contribution in [2.24, 2.45) is 5.92 Å². The van der Waals surface area contributed by atoms with Gasteiger partial charge >= 0.3 is 0 Å². The Morgan fingerprint density at radius 1 is 1.12 bits per heavy atom. The number of likely N-dealkylation sites (tertiary alicyclic amines) is 1. The van der Waals surface area contributed by atoms with Crippen LogP contribution in [-0.2, 0) is 14.3 Å². The molecule has 0 aromatic carbocycles. The van der Waals surface area contributed by atoms with Crippen LogP contribution in [0.4, 0.5) is 0 Å². The molecule has 2 saturated heterocycles. The maximum absolute atomic E-state index is 12.5. The maximum atomic E-state index is 12.5. The zero-order valence-corrected chi connectivity index (χ0v) is 14.6. The molecule has 6 nitrogen and oxygen atoms in total. The van der Waals surface area contributed by atoms with Gasteiger partial charge in [-0.2, -0.15) is 0 Å². The van der Waals surface area contributed by atoms with E-state index in [0.29, 0.717) is 38.1 Å². The summed E-state index contributed by atoms with van der Waals surface area (Å²) in [6, 6.07) is 0.147. The van der Waals surface area contributed by atoms with Crippen molar-refractivity contribution in [3.05, 3.63) is 0 Å². The van der Waals surface area contributed by atoms with Gasteiger partial charge in [0.15, 0.2) is 0 Å². The number of rotatable bonds is 4. The minimum atomic E-state index is -0.252. The van der Waals surface area contributed by atoms with Crippen LogP contribution in [0.15, 0.2) is 0 Å². The molecule has 0 bridgehead atoms. The van der Waals surface area contributed by atoms with Crippen LogP contribution in [-0.4, -0.2) is 72.6 Å². The Balaban J connectivity index is 1.25. The molecule has 6 heteroatoms. The summed E-state index contributed by atoms with van der Waals surface area (Å²) in [7, 11) is 2.00. The molecule has 0 radical (unpaired) electrons. The summed E-state index contributed by atoms with van der Waals surface area (Å²) in [5.74, 6) is 1.00. The molecule has 2 aliphatic heterocycles. The van der Waals surface area contributed by atoms with E-state index in [4.69, 9.17) is 4.74 Å². The van der Waals surface area contributed by atoms with Gasteiger partial charge in [-0.15, -0.1) is 0 Å². The number of amides is 2. The average molecular weight is 335 g/mol. The molecule has 4 fully saturated rings. The summed E-state index contributed by atoms with van der Waals surface area (Å²) in [4.78, 5) is 28.7. The van der Waals surface area contributed by atoms with Crippen molar-refractivity contribution < 1.29 is 14.3 Å². The zero-order chi connectivity index (χ0) is 16.7. The Morgan fingerprint density at radius 2 is 1.83 bits per heavy atom. The van der Waals surface area contributed by atoms with Crippen molar-refractivity contribution in [2.75, 3.05) is 33.3 Å². The Labute approximate surface area is 143 Å². The smallest absolute Gasteiger partial charge is 0.239 e. The molecule has 1 N–H and O–H groups in total. The molecule has 0 unspecified atom stereocenters. The third kappa shape index (κ3) is 3.31. The molecule has 24 heavy (non-hydrogen) atoms. The molecule has 1 atom stereocenters. The highest BCUT2D eigenvalue weighted by atomic mass is 16.5. The standard InChI is InChI=1S/C18H29N3O3/c1-20-10-18(11-21(12-18)16(22)8-13-6-7-13)24-9-15(20)17(23)19-14-4-2-3-5-14/h13-15H,2-12H2,1H3,(H,19,23)/t15-/m0/s1. The van der Waals surface area contributed by atoms with Crippen LogP contribution < -0.4 is 5.32 Å². The van der Waals surface area contributed by atoms with E-state index in [1.54, 1.807) is 0 Å². The molecule has 2 amide bonds. The lowest BCUT2D eigenvalue weighted by molar-refractivity contribution is -0.201. The summed E-state index contributed by atoms with van der Waals surface area (Å²) in [6.45, 7) is 2.52. The third-order valence-corrected chi connectivity index (χ3v) is 6.09. The molecule has 2 aliphatic carbocycles. The van der Waals surface area contributed by atoms with Gasteiger partial charge in [0, 0.05) is 19.0 Å². The quantitative estimate of drug-likeness (QED) is 0.824. The van der Waals surface area contributed by atoms with E-state index in [2.05, 4.69) is 10.2 Å². The summed E-state index contributed by atoms with van der Waals surface area (Å²) in [5.41, 5.74) is -0.252. The third-order valence-electron chi connectivity index (χ3n) is 6.09. The Kier molecular flexibility index (Phi) is 4.29. The highest BCUT2D eigenvalue weighted by molar-refractivity contribution is 5.82. The summed E-state index contributed by atoms with van der Waals surface area (Å²) < 4.78 is 6.07. The Bertz CT molecular complexity index is 508. The minimum Gasteiger partial charge on any atom is -0.368 e. The summed E-state index contributed by atoms with van der Waals surface area (Å²) in [5, 5.41) is 3.17.